The van der Waals surface area contributed by atoms with E-state index in [4.69, 9.17) is 10.5 Å². The first-order chi connectivity index (χ1) is 8.19. The van der Waals surface area contributed by atoms with E-state index in [0.717, 1.165) is 24.3 Å². The lowest BCUT2D eigenvalue weighted by Crippen LogP contribution is -2.34. The van der Waals surface area contributed by atoms with Gasteiger partial charge in [-0.05, 0) is 50.3 Å². The van der Waals surface area contributed by atoms with E-state index in [1.807, 2.05) is 0 Å². The largest absolute Gasteiger partial charge is 0.495 e. The van der Waals surface area contributed by atoms with Gasteiger partial charge in [0.1, 0.15) is 5.75 Å². The van der Waals surface area contributed by atoms with Crippen LogP contribution in [-0.4, -0.2) is 19.2 Å². The Labute approximate surface area is 103 Å². The standard InChI is InChI=1S/C14H22N2O/c1-10-6-7-13(14(8-10)17-2)16-12-5-3-4-11(15)9-12/h6-8,11-12,16H,3-5,9,15H2,1-2H3. The molecular formula is C14H22N2O. The highest BCUT2D eigenvalue weighted by Gasteiger charge is 2.19. The van der Waals surface area contributed by atoms with Crippen molar-refractivity contribution in [2.45, 2.75) is 44.7 Å². The molecule has 17 heavy (non-hydrogen) atoms. The van der Waals surface area contributed by atoms with Crippen molar-refractivity contribution in [3.63, 3.8) is 0 Å². The van der Waals surface area contributed by atoms with Crippen molar-refractivity contribution >= 4 is 5.69 Å². The summed E-state index contributed by atoms with van der Waals surface area (Å²) < 4.78 is 5.40. The number of rotatable bonds is 3. The maximum absolute atomic E-state index is 6.00. The molecule has 1 fully saturated rings. The highest BCUT2D eigenvalue weighted by atomic mass is 16.5. The van der Waals surface area contributed by atoms with Gasteiger partial charge in [0.2, 0.25) is 0 Å². The van der Waals surface area contributed by atoms with Gasteiger partial charge in [-0.15, -0.1) is 0 Å². The Hall–Kier alpha value is -1.22. The second-order valence-corrected chi connectivity index (χ2v) is 4.97. The molecule has 0 amide bonds. The monoisotopic (exact) mass is 234 g/mol. The lowest BCUT2D eigenvalue weighted by molar-refractivity contribution is 0.400. The Balaban J connectivity index is 2.07. The topological polar surface area (TPSA) is 47.3 Å². The van der Waals surface area contributed by atoms with Gasteiger partial charge in [-0.25, -0.2) is 0 Å². The van der Waals surface area contributed by atoms with Gasteiger partial charge in [0.15, 0.2) is 0 Å². The van der Waals surface area contributed by atoms with E-state index in [2.05, 4.69) is 30.4 Å². The van der Waals surface area contributed by atoms with Gasteiger partial charge >= 0.3 is 0 Å². The first-order valence-corrected chi connectivity index (χ1v) is 6.36. The molecule has 3 heteroatoms. The zero-order chi connectivity index (χ0) is 12.3. The number of nitrogens with one attached hydrogen (secondary N) is 1. The molecule has 3 nitrogen and oxygen atoms in total. The van der Waals surface area contributed by atoms with Gasteiger partial charge in [0.05, 0.1) is 12.8 Å². The van der Waals surface area contributed by atoms with Crippen molar-refractivity contribution < 1.29 is 4.74 Å². The molecule has 0 heterocycles. The minimum Gasteiger partial charge on any atom is -0.495 e. The number of aryl methyl sites for hydroxylation is 1. The average Bonchev–Trinajstić information content (AvgIpc) is 2.31. The predicted octanol–water partition coefficient (Wildman–Crippen LogP) is 2.69. The van der Waals surface area contributed by atoms with Crippen LogP contribution < -0.4 is 15.8 Å². The summed E-state index contributed by atoms with van der Waals surface area (Å²) in [5, 5.41) is 3.55. The van der Waals surface area contributed by atoms with Crippen molar-refractivity contribution in [3.05, 3.63) is 23.8 Å². The van der Waals surface area contributed by atoms with E-state index < -0.39 is 0 Å². The lowest BCUT2D eigenvalue weighted by atomic mass is 9.91. The summed E-state index contributed by atoms with van der Waals surface area (Å²) in [6.45, 7) is 2.07. The molecule has 1 aromatic carbocycles. The van der Waals surface area contributed by atoms with Crippen molar-refractivity contribution in [3.8, 4) is 5.75 Å². The second kappa shape index (κ2) is 5.41. The van der Waals surface area contributed by atoms with Gasteiger partial charge < -0.3 is 15.8 Å². The number of hydrogen-bond donors (Lipinski definition) is 2. The second-order valence-electron chi connectivity index (χ2n) is 4.97. The molecule has 94 valence electrons. The normalized spacial score (nSPS) is 24.4. The zero-order valence-corrected chi connectivity index (χ0v) is 10.7. The van der Waals surface area contributed by atoms with Crippen LogP contribution in [0.3, 0.4) is 0 Å². The highest BCUT2D eigenvalue weighted by Crippen LogP contribution is 2.28. The molecule has 0 aromatic heterocycles. The minimum absolute atomic E-state index is 0.345. The van der Waals surface area contributed by atoms with E-state index in [1.54, 1.807) is 7.11 Å². The maximum Gasteiger partial charge on any atom is 0.142 e. The molecular weight excluding hydrogens is 212 g/mol. The number of methoxy groups -OCH3 is 1. The van der Waals surface area contributed by atoms with Crippen molar-refractivity contribution in [1.82, 2.24) is 0 Å². The summed E-state index contributed by atoms with van der Waals surface area (Å²) in [6, 6.07) is 7.08. The zero-order valence-electron chi connectivity index (χ0n) is 10.7. The lowest BCUT2D eigenvalue weighted by Gasteiger charge is -2.28. The molecule has 0 aliphatic heterocycles. The molecule has 2 rings (SSSR count). The number of ether oxygens (including phenoxy) is 1. The quantitative estimate of drug-likeness (QED) is 0.845. The van der Waals surface area contributed by atoms with Crippen LogP contribution in [0.4, 0.5) is 5.69 Å². The summed E-state index contributed by atoms with van der Waals surface area (Å²) in [7, 11) is 1.71. The van der Waals surface area contributed by atoms with Gasteiger partial charge in [0, 0.05) is 12.1 Å². The molecule has 2 atom stereocenters. The fourth-order valence-corrected chi connectivity index (χ4v) is 2.50. The molecule has 0 spiro atoms. The minimum atomic E-state index is 0.345. The van der Waals surface area contributed by atoms with E-state index in [9.17, 15) is 0 Å². The van der Waals surface area contributed by atoms with Crippen LogP contribution in [-0.2, 0) is 0 Å². The average molecular weight is 234 g/mol. The third-order valence-corrected chi connectivity index (χ3v) is 3.43. The molecule has 1 aliphatic carbocycles. The summed E-state index contributed by atoms with van der Waals surface area (Å²) in [4.78, 5) is 0. The number of nitrogens with two attached hydrogens (primary N) is 1. The molecule has 0 saturated heterocycles. The molecule has 0 radical (unpaired) electrons. The third-order valence-electron chi connectivity index (χ3n) is 3.43. The molecule has 2 unspecified atom stereocenters. The van der Waals surface area contributed by atoms with E-state index in [0.29, 0.717) is 12.1 Å². The van der Waals surface area contributed by atoms with Gasteiger partial charge in [-0.3, -0.25) is 0 Å². The molecule has 1 saturated carbocycles. The summed E-state index contributed by atoms with van der Waals surface area (Å²) in [5.74, 6) is 0.921. The van der Waals surface area contributed by atoms with Crippen LogP contribution in [0.25, 0.3) is 0 Å². The van der Waals surface area contributed by atoms with E-state index >= 15 is 0 Å². The summed E-state index contributed by atoms with van der Waals surface area (Å²) in [5.41, 5.74) is 8.30. The molecule has 0 bridgehead atoms. The van der Waals surface area contributed by atoms with Crippen LogP contribution in [0.15, 0.2) is 18.2 Å². The predicted molar refractivity (Wildman–Crippen MR) is 71.6 cm³/mol. The van der Waals surface area contributed by atoms with E-state index in [-0.39, 0.29) is 0 Å². The Morgan fingerprint density at radius 2 is 2.18 bits per heavy atom. The number of hydrogen-bond acceptors (Lipinski definition) is 3. The molecule has 1 aliphatic rings. The Morgan fingerprint density at radius 1 is 1.35 bits per heavy atom. The number of anilines is 1. The van der Waals surface area contributed by atoms with Crippen molar-refractivity contribution in [2.24, 2.45) is 5.73 Å². The van der Waals surface area contributed by atoms with Crippen LogP contribution >= 0.6 is 0 Å². The Bertz CT molecular complexity index is 378. The maximum atomic E-state index is 6.00. The number of benzene rings is 1. The highest BCUT2D eigenvalue weighted by molar-refractivity contribution is 5.58. The van der Waals surface area contributed by atoms with Crippen molar-refractivity contribution in [2.75, 3.05) is 12.4 Å². The Kier molecular flexibility index (Phi) is 3.89. The molecule has 3 N–H and O–H groups in total. The Morgan fingerprint density at radius 3 is 2.88 bits per heavy atom. The fourth-order valence-electron chi connectivity index (χ4n) is 2.50. The van der Waals surface area contributed by atoms with Gasteiger partial charge in [-0.2, -0.15) is 0 Å². The third kappa shape index (κ3) is 3.13. The van der Waals surface area contributed by atoms with Crippen LogP contribution in [0.5, 0.6) is 5.75 Å². The van der Waals surface area contributed by atoms with Gasteiger partial charge in [0.25, 0.3) is 0 Å². The fraction of sp³-hybridized carbons (Fsp3) is 0.571. The smallest absolute Gasteiger partial charge is 0.142 e. The van der Waals surface area contributed by atoms with Crippen LogP contribution in [0.1, 0.15) is 31.2 Å². The van der Waals surface area contributed by atoms with E-state index in [1.165, 1.54) is 18.4 Å². The molecule has 1 aromatic rings. The first kappa shape index (κ1) is 12.2. The summed E-state index contributed by atoms with van der Waals surface area (Å²) >= 11 is 0. The summed E-state index contributed by atoms with van der Waals surface area (Å²) in [6.07, 6.45) is 4.62. The van der Waals surface area contributed by atoms with Crippen LogP contribution in [0, 0.1) is 6.92 Å². The first-order valence-electron chi connectivity index (χ1n) is 6.36. The van der Waals surface area contributed by atoms with Crippen LogP contribution in [0.2, 0.25) is 0 Å². The van der Waals surface area contributed by atoms with Crippen molar-refractivity contribution in [1.29, 1.82) is 0 Å². The van der Waals surface area contributed by atoms with Gasteiger partial charge in [-0.1, -0.05) is 6.07 Å². The SMILES string of the molecule is COc1cc(C)ccc1NC1CCCC(N)C1.